The largest absolute Gasteiger partial charge is 0.488 e. The van der Waals surface area contributed by atoms with E-state index in [-0.39, 0.29) is 29.8 Å². The lowest BCUT2D eigenvalue weighted by Gasteiger charge is -2.31. The molecule has 1 saturated heterocycles. The Hall–Kier alpha value is -4.75. The zero-order chi connectivity index (χ0) is 41.4. The molecule has 0 aliphatic carbocycles. The number of benzene rings is 2. The number of carbonyl (C=O) groups is 3. The Kier molecular flexibility index (Phi) is 12.3. The van der Waals surface area contributed by atoms with Crippen LogP contribution in [0, 0.1) is 11.8 Å². The second-order valence-corrected chi connectivity index (χ2v) is 16.6. The van der Waals surface area contributed by atoms with Crippen molar-refractivity contribution in [3.8, 4) is 45.1 Å². The van der Waals surface area contributed by atoms with Gasteiger partial charge in [0.1, 0.15) is 64.1 Å². The minimum absolute atomic E-state index is 0.0979. The van der Waals surface area contributed by atoms with E-state index in [0.717, 1.165) is 52.6 Å². The number of rotatable bonds is 14. The Morgan fingerprint density at radius 3 is 2.14 bits per heavy atom. The van der Waals surface area contributed by atoms with Crippen LogP contribution in [0.5, 0.6) is 11.5 Å². The first-order chi connectivity index (χ1) is 27.9. The third-order valence-electron chi connectivity index (χ3n) is 11.9. The Bertz CT molecular complexity index is 2150. The summed E-state index contributed by atoms with van der Waals surface area (Å²) >= 11 is 13.7. The Balaban J connectivity index is 1.15. The molecule has 3 amide bonds. The standard InChI is InChI=1S/C43H53Cl2N7O6/c1-8-13-51(32(53)15-22(4)9-2)24(6)40-46-36(38(44)49-40)25-16-27-20-58-31-19-26(17-28-21-57-30(18-25)33(27)34(28)31)37-39(45)50-41(47-37)29-12-11-14-52(29)42(54)35(23(5)10-3)48-43(55)56-7/h16-19,22-24,29,35H,8-15,20-21H2,1-7H3,(H,46,49)(H,47,50)(H,48,55)/t22-,23-,24-,29-,35?/m0/s1. The van der Waals surface area contributed by atoms with Crippen molar-refractivity contribution in [2.24, 2.45) is 11.8 Å². The molecule has 15 heteroatoms. The number of hydrogen-bond donors (Lipinski definition) is 3. The van der Waals surface area contributed by atoms with E-state index in [2.05, 4.69) is 36.1 Å². The van der Waals surface area contributed by atoms with Crippen LogP contribution in [0.25, 0.3) is 33.6 Å². The second-order valence-electron chi connectivity index (χ2n) is 15.8. The first-order valence-electron chi connectivity index (χ1n) is 20.4. The van der Waals surface area contributed by atoms with Crippen LogP contribution >= 0.6 is 23.2 Å². The van der Waals surface area contributed by atoms with Crippen LogP contribution in [0.3, 0.4) is 0 Å². The minimum Gasteiger partial charge on any atom is -0.488 e. The predicted molar refractivity (Wildman–Crippen MR) is 223 cm³/mol. The van der Waals surface area contributed by atoms with Gasteiger partial charge in [0.25, 0.3) is 0 Å². The average Bonchev–Trinajstić information content (AvgIpc) is 3.98. The molecule has 5 heterocycles. The van der Waals surface area contributed by atoms with E-state index in [0.29, 0.717) is 96.3 Å². The van der Waals surface area contributed by atoms with E-state index < -0.39 is 12.1 Å². The van der Waals surface area contributed by atoms with Gasteiger partial charge in [0.05, 0.1) is 19.2 Å². The summed E-state index contributed by atoms with van der Waals surface area (Å²) in [4.78, 5) is 59.4. The maximum absolute atomic E-state index is 13.9. The number of H-pyrrole nitrogens is 2. The molecular weight excluding hydrogens is 781 g/mol. The van der Waals surface area contributed by atoms with Gasteiger partial charge in [-0.3, -0.25) is 9.59 Å². The smallest absolute Gasteiger partial charge is 0.407 e. The van der Waals surface area contributed by atoms with E-state index in [1.807, 2.05) is 49.9 Å². The summed E-state index contributed by atoms with van der Waals surface area (Å²) in [5.74, 6) is 2.77. The quantitative estimate of drug-likeness (QED) is 0.114. The van der Waals surface area contributed by atoms with E-state index in [1.54, 1.807) is 4.90 Å². The number of likely N-dealkylation sites (tertiary alicyclic amines) is 1. The summed E-state index contributed by atoms with van der Waals surface area (Å²) in [6, 6.07) is 6.65. The van der Waals surface area contributed by atoms with Crippen LogP contribution in [-0.4, -0.2) is 73.9 Å². The molecule has 58 heavy (non-hydrogen) atoms. The molecule has 310 valence electrons. The van der Waals surface area contributed by atoms with Crippen molar-refractivity contribution in [2.75, 3.05) is 20.2 Å². The maximum Gasteiger partial charge on any atom is 0.407 e. The first kappa shape index (κ1) is 41.4. The number of halogens is 2. The van der Waals surface area contributed by atoms with Gasteiger partial charge >= 0.3 is 6.09 Å². The summed E-state index contributed by atoms with van der Waals surface area (Å²) in [7, 11) is 1.29. The van der Waals surface area contributed by atoms with E-state index in [4.69, 9.17) is 47.4 Å². The fourth-order valence-electron chi connectivity index (χ4n) is 8.28. The number of imidazole rings is 2. The van der Waals surface area contributed by atoms with Crippen molar-refractivity contribution in [1.82, 2.24) is 35.1 Å². The van der Waals surface area contributed by atoms with Gasteiger partial charge in [-0.05, 0) is 62.3 Å². The highest BCUT2D eigenvalue weighted by Gasteiger charge is 2.39. The molecule has 1 fully saturated rings. The molecule has 4 aromatic rings. The zero-order valence-corrected chi connectivity index (χ0v) is 35.8. The summed E-state index contributed by atoms with van der Waals surface area (Å²) in [5.41, 5.74) is 6.50. The number of nitrogens with zero attached hydrogens (tertiary/aromatic N) is 4. The van der Waals surface area contributed by atoms with Gasteiger partial charge in [-0.25, -0.2) is 14.8 Å². The molecule has 1 unspecified atom stereocenters. The van der Waals surface area contributed by atoms with Gasteiger partial charge in [0.15, 0.2) is 0 Å². The zero-order valence-electron chi connectivity index (χ0n) is 34.3. The average molecular weight is 835 g/mol. The Morgan fingerprint density at radius 1 is 0.931 bits per heavy atom. The van der Waals surface area contributed by atoms with Gasteiger partial charge < -0.3 is 39.3 Å². The molecule has 0 bridgehead atoms. The highest BCUT2D eigenvalue weighted by molar-refractivity contribution is 6.32. The van der Waals surface area contributed by atoms with Gasteiger partial charge in [0, 0.05) is 52.9 Å². The van der Waals surface area contributed by atoms with Crippen LogP contribution in [0.2, 0.25) is 10.3 Å². The minimum atomic E-state index is -0.729. The number of ether oxygens (including phenoxy) is 3. The highest BCUT2D eigenvalue weighted by Crippen LogP contribution is 2.51. The van der Waals surface area contributed by atoms with Gasteiger partial charge in [0.2, 0.25) is 11.8 Å². The summed E-state index contributed by atoms with van der Waals surface area (Å²) in [5, 5.41) is 3.49. The lowest BCUT2D eigenvalue weighted by molar-refractivity contribution is -0.136. The summed E-state index contributed by atoms with van der Waals surface area (Å²) in [6.07, 6.45) is 3.83. The molecule has 2 aromatic carbocycles. The molecular formula is C43H53Cl2N7O6. The Labute approximate surface area is 349 Å². The number of alkyl carbamates (subject to hydrolysis) is 1. The summed E-state index contributed by atoms with van der Waals surface area (Å²) < 4.78 is 17.7. The van der Waals surface area contributed by atoms with Crippen LogP contribution in [0.1, 0.15) is 115 Å². The molecule has 3 N–H and O–H groups in total. The normalized spacial score (nSPS) is 17.4. The van der Waals surface area contributed by atoms with Gasteiger partial charge in [-0.2, -0.15) is 0 Å². The number of amides is 3. The number of methoxy groups -OCH3 is 1. The molecule has 3 aliphatic rings. The third-order valence-corrected chi connectivity index (χ3v) is 12.5. The molecule has 5 atom stereocenters. The molecule has 7 rings (SSSR count). The second kappa shape index (κ2) is 17.2. The van der Waals surface area contributed by atoms with Crippen LogP contribution < -0.4 is 14.8 Å². The van der Waals surface area contributed by atoms with Crippen LogP contribution in [-0.2, 0) is 27.5 Å². The molecule has 0 spiro atoms. The van der Waals surface area contributed by atoms with Gasteiger partial charge in [-0.1, -0.05) is 70.7 Å². The molecule has 3 aliphatic heterocycles. The SMILES string of the molecule is CCCN(C(=O)C[C@@H](C)CC)[C@@H](C)c1nc(-c2cc3c4c(c2)OCc2cc(-c5nc([C@@H]6CCCN6C(=O)C(NC(=O)OC)[C@@H](C)CC)[nH]c5Cl)cc(c2-4)OC3)c(Cl)[nH]1. The van der Waals surface area contributed by atoms with Gasteiger partial charge in [-0.15, -0.1) is 0 Å². The van der Waals surface area contributed by atoms with Crippen LogP contribution in [0.4, 0.5) is 4.79 Å². The first-order valence-corrected chi connectivity index (χ1v) is 21.2. The van der Waals surface area contributed by atoms with Crippen molar-refractivity contribution >= 4 is 41.1 Å². The molecule has 0 radical (unpaired) electrons. The maximum atomic E-state index is 13.9. The molecule has 2 aromatic heterocycles. The summed E-state index contributed by atoms with van der Waals surface area (Å²) in [6.45, 7) is 13.9. The number of aromatic amines is 2. The van der Waals surface area contributed by atoms with E-state index in [9.17, 15) is 14.4 Å². The number of aromatic nitrogens is 4. The topological polar surface area (TPSA) is 155 Å². The van der Waals surface area contributed by atoms with E-state index in [1.165, 1.54) is 7.11 Å². The van der Waals surface area contributed by atoms with Crippen molar-refractivity contribution < 1.29 is 28.6 Å². The van der Waals surface area contributed by atoms with Crippen molar-refractivity contribution in [3.05, 3.63) is 57.3 Å². The van der Waals surface area contributed by atoms with Crippen molar-refractivity contribution in [2.45, 2.75) is 111 Å². The number of nitrogens with one attached hydrogen (secondary N) is 3. The molecule has 13 nitrogen and oxygen atoms in total. The van der Waals surface area contributed by atoms with Crippen LogP contribution in [0.15, 0.2) is 24.3 Å². The van der Waals surface area contributed by atoms with Crippen molar-refractivity contribution in [1.29, 1.82) is 0 Å². The van der Waals surface area contributed by atoms with E-state index >= 15 is 0 Å². The highest BCUT2D eigenvalue weighted by atomic mass is 35.5. The molecule has 0 saturated carbocycles. The Morgan fingerprint density at radius 2 is 1.55 bits per heavy atom. The lowest BCUT2D eigenvalue weighted by atomic mass is 9.87. The lowest BCUT2D eigenvalue weighted by Crippen LogP contribution is -2.51. The predicted octanol–water partition coefficient (Wildman–Crippen LogP) is 9.40. The number of hydrogen-bond acceptors (Lipinski definition) is 8. The third kappa shape index (κ3) is 7.87. The fraction of sp³-hybridized carbons (Fsp3) is 0.512. The number of carbonyl (C=O) groups excluding carboxylic acids is 3. The van der Waals surface area contributed by atoms with Crippen molar-refractivity contribution in [3.63, 3.8) is 0 Å². The monoisotopic (exact) mass is 833 g/mol. The fourth-order valence-corrected chi connectivity index (χ4v) is 8.77.